The number of benzene rings is 2. The van der Waals surface area contributed by atoms with E-state index in [9.17, 15) is 0 Å². The van der Waals surface area contributed by atoms with Crippen LogP contribution in [0.5, 0.6) is 0 Å². The summed E-state index contributed by atoms with van der Waals surface area (Å²) in [5.74, 6) is 1.04. The number of halogens is 3. The van der Waals surface area contributed by atoms with Crippen LogP contribution in [0.3, 0.4) is 0 Å². The zero-order valence-electron chi connectivity index (χ0n) is 13.4. The van der Waals surface area contributed by atoms with Crippen molar-refractivity contribution in [2.75, 3.05) is 11.9 Å². The quantitative estimate of drug-likeness (QED) is 0.506. The molecule has 1 N–H and O–H groups in total. The number of hydrogen-bond donors (Lipinski definition) is 1. The minimum absolute atomic E-state index is 0.548. The SMILES string of the molecule is Clc1cccc(-c2nn(-c3cccc(Br)c3)c3c2CCCCN3)c1Cl. The maximum Gasteiger partial charge on any atom is 0.133 e. The summed E-state index contributed by atoms with van der Waals surface area (Å²) in [4.78, 5) is 0. The van der Waals surface area contributed by atoms with E-state index < -0.39 is 0 Å². The summed E-state index contributed by atoms with van der Waals surface area (Å²) >= 11 is 16.3. The second-order valence-electron chi connectivity index (χ2n) is 6.05. The van der Waals surface area contributed by atoms with Gasteiger partial charge in [0.2, 0.25) is 0 Å². The third-order valence-corrected chi connectivity index (χ3v) is 5.70. The Kier molecular flexibility index (Phi) is 4.76. The first-order valence-corrected chi connectivity index (χ1v) is 9.76. The molecule has 0 fully saturated rings. The molecule has 0 unspecified atom stereocenters. The summed E-state index contributed by atoms with van der Waals surface area (Å²) in [5, 5.41) is 9.55. The average molecular weight is 437 g/mol. The van der Waals surface area contributed by atoms with Gasteiger partial charge in [0.1, 0.15) is 5.82 Å². The Morgan fingerprint density at radius 1 is 1.08 bits per heavy atom. The molecular formula is C19H16BrCl2N3. The van der Waals surface area contributed by atoms with Crippen LogP contribution in [0.2, 0.25) is 10.0 Å². The van der Waals surface area contributed by atoms with Gasteiger partial charge in [-0.25, -0.2) is 4.68 Å². The van der Waals surface area contributed by atoms with Crippen LogP contribution < -0.4 is 5.32 Å². The van der Waals surface area contributed by atoms with Gasteiger partial charge in [-0.05, 0) is 43.5 Å². The van der Waals surface area contributed by atoms with Crippen LogP contribution in [0.1, 0.15) is 18.4 Å². The highest BCUT2D eigenvalue weighted by Gasteiger charge is 2.23. The van der Waals surface area contributed by atoms with Gasteiger partial charge in [-0.3, -0.25) is 0 Å². The summed E-state index contributed by atoms with van der Waals surface area (Å²) < 4.78 is 2.99. The Balaban J connectivity index is 1.95. The molecule has 0 amide bonds. The van der Waals surface area contributed by atoms with E-state index in [0.29, 0.717) is 10.0 Å². The Hall–Kier alpha value is -1.49. The van der Waals surface area contributed by atoms with Crippen molar-refractivity contribution in [3.05, 3.63) is 62.5 Å². The highest BCUT2D eigenvalue weighted by atomic mass is 79.9. The minimum atomic E-state index is 0.548. The van der Waals surface area contributed by atoms with E-state index in [-0.39, 0.29) is 0 Å². The van der Waals surface area contributed by atoms with Gasteiger partial charge >= 0.3 is 0 Å². The van der Waals surface area contributed by atoms with Crippen LogP contribution in [-0.2, 0) is 6.42 Å². The van der Waals surface area contributed by atoms with Crippen LogP contribution in [0.25, 0.3) is 16.9 Å². The number of nitrogens with zero attached hydrogens (tertiary/aromatic N) is 2. The number of nitrogens with one attached hydrogen (secondary N) is 1. The molecule has 3 nitrogen and oxygen atoms in total. The Morgan fingerprint density at radius 2 is 1.92 bits per heavy atom. The Bertz CT molecular complexity index is 936. The van der Waals surface area contributed by atoms with Crippen molar-refractivity contribution in [1.82, 2.24) is 9.78 Å². The fourth-order valence-corrected chi connectivity index (χ4v) is 3.98. The third-order valence-electron chi connectivity index (χ3n) is 4.39. The van der Waals surface area contributed by atoms with Crippen molar-refractivity contribution < 1.29 is 0 Å². The Morgan fingerprint density at radius 3 is 2.76 bits per heavy atom. The molecule has 25 heavy (non-hydrogen) atoms. The normalized spacial score (nSPS) is 13.9. The fraction of sp³-hybridized carbons (Fsp3) is 0.211. The van der Waals surface area contributed by atoms with Crippen molar-refractivity contribution in [1.29, 1.82) is 0 Å². The topological polar surface area (TPSA) is 29.9 Å². The van der Waals surface area contributed by atoms with Crippen molar-refractivity contribution in [2.24, 2.45) is 0 Å². The summed E-state index contributed by atoms with van der Waals surface area (Å²) in [6.07, 6.45) is 3.22. The first-order valence-electron chi connectivity index (χ1n) is 8.21. The summed E-state index contributed by atoms with van der Waals surface area (Å²) in [6, 6.07) is 13.8. The molecule has 1 aliphatic heterocycles. The van der Waals surface area contributed by atoms with Gasteiger partial charge in [-0.2, -0.15) is 5.10 Å². The number of aromatic nitrogens is 2. The molecule has 0 bridgehead atoms. The van der Waals surface area contributed by atoms with Gasteiger partial charge in [0.25, 0.3) is 0 Å². The molecule has 1 aromatic heterocycles. The van der Waals surface area contributed by atoms with Crippen LogP contribution in [0.4, 0.5) is 5.82 Å². The van der Waals surface area contributed by atoms with Gasteiger partial charge in [0.15, 0.2) is 0 Å². The lowest BCUT2D eigenvalue weighted by molar-refractivity contribution is 0.780. The van der Waals surface area contributed by atoms with E-state index in [4.69, 9.17) is 28.3 Å². The molecule has 2 heterocycles. The van der Waals surface area contributed by atoms with Gasteiger partial charge in [0.05, 0.1) is 21.4 Å². The molecule has 0 saturated carbocycles. The van der Waals surface area contributed by atoms with Crippen LogP contribution in [0, 0.1) is 0 Å². The molecule has 4 rings (SSSR count). The van der Waals surface area contributed by atoms with E-state index in [1.54, 1.807) is 6.07 Å². The van der Waals surface area contributed by atoms with Crippen LogP contribution in [-0.4, -0.2) is 16.3 Å². The van der Waals surface area contributed by atoms with Gasteiger partial charge in [0, 0.05) is 22.1 Å². The first-order chi connectivity index (χ1) is 12.1. The number of anilines is 1. The zero-order chi connectivity index (χ0) is 17.4. The van der Waals surface area contributed by atoms with Crippen molar-refractivity contribution in [3.8, 4) is 16.9 Å². The van der Waals surface area contributed by atoms with Gasteiger partial charge < -0.3 is 5.32 Å². The van der Waals surface area contributed by atoms with E-state index >= 15 is 0 Å². The smallest absolute Gasteiger partial charge is 0.133 e. The molecule has 1 aliphatic rings. The standard InChI is InChI=1S/C19H16BrCl2N3/c20-12-5-3-6-13(11-12)25-19-15(7-1-2-10-23-19)18(24-25)14-8-4-9-16(21)17(14)22/h3-6,8-9,11,23H,1-2,7,10H2. The molecule has 0 spiro atoms. The minimum Gasteiger partial charge on any atom is -0.370 e. The van der Waals surface area contributed by atoms with Gasteiger partial charge in [-0.15, -0.1) is 0 Å². The van der Waals surface area contributed by atoms with Crippen LogP contribution >= 0.6 is 39.1 Å². The lowest BCUT2D eigenvalue weighted by atomic mass is 10.0. The first kappa shape index (κ1) is 17.0. The van der Waals surface area contributed by atoms with E-state index in [1.165, 1.54) is 5.56 Å². The van der Waals surface area contributed by atoms with Crippen molar-refractivity contribution in [2.45, 2.75) is 19.3 Å². The second-order valence-corrected chi connectivity index (χ2v) is 7.75. The molecule has 0 radical (unpaired) electrons. The molecule has 3 aromatic rings. The summed E-state index contributed by atoms with van der Waals surface area (Å²) in [5.41, 5.74) is 3.98. The molecule has 6 heteroatoms. The maximum absolute atomic E-state index is 6.48. The highest BCUT2D eigenvalue weighted by Crippen LogP contribution is 2.39. The van der Waals surface area contributed by atoms with E-state index in [2.05, 4.69) is 27.3 Å². The van der Waals surface area contributed by atoms with Crippen LogP contribution in [0.15, 0.2) is 46.9 Å². The number of rotatable bonds is 2. The predicted octanol–water partition coefficient (Wildman–Crippen LogP) is 6.36. The lowest BCUT2D eigenvalue weighted by Crippen LogP contribution is -2.07. The lowest BCUT2D eigenvalue weighted by Gasteiger charge is -2.09. The highest BCUT2D eigenvalue weighted by molar-refractivity contribution is 9.10. The average Bonchev–Trinajstić information content (AvgIpc) is 2.79. The van der Waals surface area contributed by atoms with E-state index in [1.807, 2.05) is 35.0 Å². The maximum atomic E-state index is 6.48. The monoisotopic (exact) mass is 435 g/mol. The molecule has 0 saturated heterocycles. The summed E-state index contributed by atoms with van der Waals surface area (Å²) in [6.45, 7) is 0.940. The third kappa shape index (κ3) is 3.19. The second kappa shape index (κ2) is 7.02. The summed E-state index contributed by atoms with van der Waals surface area (Å²) in [7, 11) is 0. The molecular weight excluding hydrogens is 421 g/mol. The van der Waals surface area contributed by atoms with Crippen molar-refractivity contribution in [3.63, 3.8) is 0 Å². The molecule has 0 aliphatic carbocycles. The molecule has 128 valence electrons. The fourth-order valence-electron chi connectivity index (χ4n) is 3.20. The molecule has 0 atom stereocenters. The van der Waals surface area contributed by atoms with Crippen molar-refractivity contribution >= 4 is 44.9 Å². The predicted molar refractivity (Wildman–Crippen MR) is 108 cm³/mol. The largest absolute Gasteiger partial charge is 0.370 e. The molecule has 2 aromatic carbocycles. The number of fused-ring (bicyclic) bond motifs is 1. The van der Waals surface area contributed by atoms with E-state index in [0.717, 1.165) is 53.0 Å². The zero-order valence-corrected chi connectivity index (χ0v) is 16.5. The number of hydrogen-bond acceptors (Lipinski definition) is 2. The Labute approximate surface area is 165 Å². The van der Waals surface area contributed by atoms with Gasteiger partial charge in [-0.1, -0.05) is 57.3 Å².